The number of rotatable bonds is 2. The molecule has 0 aliphatic rings. The van der Waals surface area contributed by atoms with Crippen molar-refractivity contribution in [1.29, 1.82) is 0 Å². The number of nitrogens with two attached hydrogens (primary N) is 1. The molecule has 0 unspecified atom stereocenters. The second-order valence-electron chi connectivity index (χ2n) is 1.44. The van der Waals surface area contributed by atoms with Crippen LogP contribution in [0.2, 0.25) is 0 Å². The van der Waals surface area contributed by atoms with Crippen molar-refractivity contribution in [2.24, 2.45) is 5.84 Å². The number of nitrogens with zero attached hydrogens (tertiary/aromatic N) is 1. The van der Waals surface area contributed by atoms with Crippen molar-refractivity contribution in [2.45, 2.75) is 20.0 Å². The van der Waals surface area contributed by atoms with Gasteiger partial charge in [-0.1, -0.05) is 0 Å². The van der Waals surface area contributed by atoms with Crippen molar-refractivity contribution < 1.29 is 4.84 Å². The van der Waals surface area contributed by atoms with Crippen LogP contribution in [0.1, 0.15) is 13.8 Å². The van der Waals surface area contributed by atoms with Gasteiger partial charge in [0.1, 0.15) is 0 Å². The molecule has 0 aromatic carbocycles. The highest BCUT2D eigenvalue weighted by atomic mass is 16.9. The van der Waals surface area contributed by atoms with Gasteiger partial charge < -0.3 is 5.21 Å². The largest absolute Gasteiger partial charge is 0.748 e. The Kier molecular flexibility index (Phi) is 2.86. The van der Waals surface area contributed by atoms with E-state index in [1.165, 1.54) is 0 Å². The van der Waals surface area contributed by atoms with Crippen molar-refractivity contribution >= 4 is 0 Å². The average Bonchev–Trinajstić information content (AvgIpc) is 1.27. The molecule has 0 saturated carbocycles. The second kappa shape index (κ2) is 2.92. The first-order valence-electron chi connectivity index (χ1n) is 2.01. The van der Waals surface area contributed by atoms with Gasteiger partial charge in [0.05, 0.1) is 6.10 Å². The van der Waals surface area contributed by atoms with Crippen LogP contribution >= 0.6 is 0 Å². The molecule has 4 nitrogen and oxygen atoms in total. The summed E-state index contributed by atoms with van der Waals surface area (Å²) in [6, 6.07) is 0. The molecule has 0 amide bonds. The van der Waals surface area contributed by atoms with Crippen molar-refractivity contribution in [3.8, 4) is 0 Å². The highest BCUT2D eigenvalue weighted by Gasteiger charge is 1.87. The predicted molar refractivity (Wildman–Crippen MR) is 25.6 cm³/mol. The molecular weight excluding hydrogens is 96.0 g/mol. The minimum atomic E-state index is -0.137. The summed E-state index contributed by atoms with van der Waals surface area (Å²) in [5.74, 6) is 4.55. The molecule has 7 heavy (non-hydrogen) atoms. The Bertz CT molecular complexity index is 40.2. The first kappa shape index (κ1) is 6.84. The third kappa shape index (κ3) is 5.84. The molecule has 4 heteroatoms. The Labute approximate surface area is 42.4 Å². The minimum Gasteiger partial charge on any atom is -0.748 e. The molecular formula is C3H9N2O2-. The van der Waals surface area contributed by atoms with Crippen LogP contribution in [0, 0.1) is 5.21 Å². The first-order chi connectivity index (χ1) is 3.13. The lowest BCUT2D eigenvalue weighted by Gasteiger charge is -2.22. The quantitative estimate of drug-likeness (QED) is 0.396. The van der Waals surface area contributed by atoms with Gasteiger partial charge in [-0.05, 0) is 13.8 Å². The monoisotopic (exact) mass is 105 g/mol. The minimum absolute atomic E-state index is 0.0509. The zero-order chi connectivity index (χ0) is 5.86. The van der Waals surface area contributed by atoms with Gasteiger partial charge in [-0.2, -0.15) is 5.34 Å². The van der Waals surface area contributed by atoms with E-state index in [-0.39, 0.29) is 11.4 Å². The zero-order valence-corrected chi connectivity index (χ0v) is 4.42. The van der Waals surface area contributed by atoms with E-state index >= 15 is 0 Å². The maximum Gasteiger partial charge on any atom is 0.0741 e. The van der Waals surface area contributed by atoms with Crippen LogP contribution in [0.5, 0.6) is 0 Å². The van der Waals surface area contributed by atoms with Crippen LogP contribution in [0.25, 0.3) is 0 Å². The van der Waals surface area contributed by atoms with Crippen LogP contribution < -0.4 is 5.84 Å². The molecule has 0 atom stereocenters. The molecule has 0 heterocycles. The Morgan fingerprint density at radius 1 is 1.71 bits per heavy atom. The molecule has 0 saturated heterocycles. The van der Waals surface area contributed by atoms with Crippen molar-refractivity contribution in [2.75, 3.05) is 0 Å². The van der Waals surface area contributed by atoms with E-state index in [2.05, 4.69) is 10.7 Å². The van der Waals surface area contributed by atoms with Gasteiger partial charge in [-0.25, -0.2) is 0 Å². The number of hydrazine groups is 1. The average molecular weight is 105 g/mol. The summed E-state index contributed by atoms with van der Waals surface area (Å²) in [4.78, 5) is 4.31. The molecule has 0 fully saturated rings. The van der Waals surface area contributed by atoms with E-state index in [1.807, 2.05) is 0 Å². The van der Waals surface area contributed by atoms with E-state index in [9.17, 15) is 5.21 Å². The fourth-order valence-electron chi connectivity index (χ4n) is 0.208. The van der Waals surface area contributed by atoms with E-state index in [4.69, 9.17) is 0 Å². The summed E-state index contributed by atoms with van der Waals surface area (Å²) >= 11 is 0. The molecule has 2 N–H and O–H groups in total. The summed E-state index contributed by atoms with van der Waals surface area (Å²) in [5, 5.41) is 9.68. The third-order valence-corrected chi connectivity index (χ3v) is 0.315. The third-order valence-electron chi connectivity index (χ3n) is 0.315. The van der Waals surface area contributed by atoms with Gasteiger partial charge in [0, 0.05) is 0 Å². The number of hydrogen-bond donors (Lipinski definition) is 1. The second-order valence-corrected chi connectivity index (χ2v) is 1.44. The summed E-state index contributed by atoms with van der Waals surface area (Å²) < 4.78 is 0. The van der Waals surface area contributed by atoms with Crippen molar-refractivity contribution in [3.05, 3.63) is 5.21 Å². The molecule has 0 aromatic rings. The Morgan fingerprint density at radius 3 is 2.14 bits per heavy atom. The molecule has 0 bridgehead atoms. The van der Waals surface area contributed by atoms with Crippen molar-refractivity contribution in [1.82, 2.24) is 5.34 Å². The zero-order valence-electron chi connectivity index (χ0n) is 4.42. The first-order valence-corrected chi connectivity index (χ1v) is 2.01. The highest BCUT2D eigenvalue weighted by Crippen LogP contribution is 1.85. The van der Waals surface area contributed by atoms with Gasteiger partial charge >= 0.3 is 0 Å². The fourth-order valence-corrected chi connectivity index (χ4v) is 0.208. The Balaban J connectivity index is 2.95. The fraction of sp³-hybridized carbons (Fsp3) is 1.00. The van der Waals surface area contributed by atoms with Crippen LogP contribution in [0.4, 0.5) is 0 Å². The maximum absolute atomic E-state index is 9.73. The summed E-state index contributed by atoms with van der Waals surface area (Å²) in [7, 11) is 0. The van der Waals surface area contributed by atoms with Gasteiger partial charge in [-0.3, -0.25) is 10.7 Å². The summed E-state index contributed by atoms with van der Waals surface area (Å²) in [6.07, 6.45) is -0.137. The molecule has 44 valence electrons. The van der Waals surface area contributed by atoms with E-state index in [0.717, 1.165) is 0 Å². The van der Waals surface area contributed by atoms with E-state index in [0.29, 0.717) is 0 Å². The topological polar surface area (TPSA) is 61.5 Å². The van der Waals surface area contributed by atoms with E-state index in [1.54, 1.807) is 13.8 Å². The molecule has 0 spiro atoms. The summed E-state index contributed by atoms with van der Waals surface area (Å²) in [6.45, 7) is 3.44. The molecule has 0 aliphatic carbocycles. The van der Waals surface area contributed by atoms with Crippen LogP contribution in [0.15, 0.2) is 0 Å². The van der Waals surface area contributed by atoms with Gasteiger partial charge in [-0.15, -0.1) is 0 Å². The van der Waals surface area contributed by atoms with Crippen LogP contribution in [-0.2, 0) is 4.84 Å². The molecule has 0 aromatic heterocycles. The van der Waals surface area contributed by atoms with Gasteiger partial charge in [0.2, 0.25) is 0 Å². The van der Waals surface area contributed by atoms with E-state index < -0.39 is 0 Å². The Morgan fingerprint density at radius 2 is 2.14 bits per heavy atom. The van der Waals surface area contributed by atoms with Crippen molar-refractivity contribution in [3.63, 3.8) is 0 Å². The lowest BCUT2D eigenvalue weighted by atomic mass is 10.5. The SMILES string of the molecule is CC(C)ON(N)[O-]. The lowest BCUT2D eigenvalue weighted by molar-refractivity contribution is -0.154. The smallest absolute Gasteiger partial charge is 0.0741 e. The normalized spacial score (nSPS) is 11.1. The van der Waals surface area contributed by atoms with Crippen LogP contribution in [0.3, 0.4) is 0 Å². The highest BCUT2D eigenvalue weighted by molar-refractivity contribution is 4.31. The Hall–Kier alpha value is -0.160. The van der Waals surface area contributed by atoms with Gasteiger partial charge in [0.15, 0.2) is 0 Å². The van der Waals surface area contributed by atoms with Gasteiger partial charge in [0.25, 0.3) is 0 Å². The van der Waals surface area contributed by atoms with Crippen LogP contribution in [-0.4, -0.2) is 11.4 Å². The maximum atomic E-state index is 9.73. The number of hydrogen-bond acceptors (Lipinski definition) is 4. The molecule has 0 radical (unpaired) electrons. The predicted octanol–water partition coefficient (Wildman–Crippen LogP) is -0.0001000. The lowest BCUT2D eigenvalue weighted by Crippen LogP contribution is -2.27. The summed E-state index contributed by atoms with van der Waals surface area (Å²) in [5.41, 5.74) is 0. The standard InChI is InChI=1S/C3H9N2O2/c1-3(2)7-5(4)6/h3H,4H2,1-2H3/q-1. The molecule has 0 rings (SSSR count). The molecule has 0 aliphatic heterocycles.